The fourth-order valence-corrected chi connectivity index (χ4v) is 4.42. The summed E-state index contributed by atoms with van der Waals surface area (Å²) in [6.45, 7) is 0.522. The number of piperidine rings is 1. The summed E-state index contributed by atoms with van der Waals surface area (Å²) < 4.78 is 65.9. The smallest absolute Gasteiger partial charge is 0.339 e. The highest BCUT2D eigenvalue weighted by Gasteiger charge is 2.32. The van der Waals surface area contributed by atoms with E-state index in [2.05, 4.69) is 4.72 Å². The summed E-state index contributed by atoms with van der Waals surface area (Å²) >= 11 is 0. The first-order valence-electron chi connectivity index (χ1n) is 8.71. The van der Waals surface area contributed by atoms with Crippen molar-refractivity contribution in [3.63, 3.8) is 0 Å². The molecule has 1 fully saturated rings. The number of nitrogens with one attached hydrogen (secondary N) is 1. The molecule has 0 unspecified atom stereocenters. The first kappa shape index (κ1) is 20.3. The van der Waals surface area contributed by atoms with Crippen LogP contribution in [0.3, 0.4) is 0 Å². The first-order chi connectivity index (χ1) is 13.2. The second-order valence-corrected chi connectivity index (χ2v) is 8.29. The number of likely N-dealkylation sites (tertiary alicyclic amines) is 1. The summed E-state index contributed by atoms with van der Waals surface area (Å²) in [6.07, 6.45) is -3.74. The molecular formula is C19H19F3N2O3S. The largest absolute Gasteiger partial charge is 0.416 e. The van der Waals surface area contributed by atoms with Crippen molar-refractivity contribution in [2.75, 3.05) is 13.1 Å². The Labute approximate surface area is 161 Å². The molecule has 150 valence electrons. The zero-order valence-electron chi connectivity index (χ0n) is 14.8. The zero-order chi connectivity index (χ0) is 20.4. The lowest BCUT2D eigenvalue weighted by molar-refractivity contribution is -0.137. The molecule has 0 aliphatic carbocycles. The Bertz CT molecular complexity index is 938. The van der Waals surface area contributed by atoms with Gasteiger partial charge in [-0.15, -0.1) is 0 Å². The third-order valence-corrected chi connectivity index (χ3v) is 6.13. The van der Waals surface area contributed by atoms with Crippen molar-refractivity contribution in [3.8, 4) is 0 Å². The zero-order valence-corrected chi connectivity index (χ0v) is 15.6. The highest BCUT2D eigenvalue weighted by Crippen LogP contribution is 2.30. The number of nitrogens with zero attached hydrogens (tertiary/aromatic N) is 1. The van der Waals surface area contributed by atoms with Crippen LogP contribution in [0, 0.1) is 0 Å². The second kappa shape index (κ2) is 7.92. The van der Waals surface area contributed by atoms with Crippen LogP contribution in [0.5, 0.6) is 0 Å². The minimum absolute atomic E-state index is 0.0295. The summed E-state index contributed by atoms with van der Waals surface area (Å²) in [6, 6.07) is 11.9. The van der Waals surface area contributed by atoms with Gasteiger partial charge in [0.05, 0.1) is 10.5 Å². The van der Waals surface area contributed by atoms with E-state index in [4.69, 9.17) is 0 Å². The minimum Gasteiger partial charge on any atom is -0.339 e. The number of hydrogen-bond acceptors (Lipinski definition) is 3. The molecule has 3 rings (SSSR count). The predicted octanol–water partition coefficient (Wildman–Crippen LogP) is 3.29. The Kier molecular flexibility index (Phi) is 5.76. The number of carbonyl (C=O) groups excluding carboxylic acids is 1. The molecule has 0 spiro atoms. The van der Waals surface area contributed by atoms with Crippen LogP contribution in [-0.2, 0) is 16.2 Å². The summed E-state index contributed by atoms with van der Waals surface area (Å²) in [5.41, 5.74) is -0.901. The maximum Gasteiger partial charge on any atom is 0.416 e. The van der Waals surface area contributed by atoms with Gasteiger partial charge < -0.3 is 4.90 Å². The van der Waals surface area contributed by atoms with Crippen LogP contribution in [0.2, 0.25) is 0 Å². The average molecular weight is 412 g/mol. The normalized spacial score (nSPS) is 16.2. The highest BCUT2D eigenvalue weighted by atomic mass is 32.2. The fraction of sp³-hybridized carbons (Fsp3) is 0.316. The van der Waals surface area contributed by atoms with Gasteiger partial charge in [0.25, 0.3) is 5.91 Å². The lowest BCUT2D eigenvalue weighted by Gasteiger charge is -2.32. The van der Waals surface area contributed by atoms with E-state index in [0.717, 1.165) is 12.1 Å². The number of hydrogen-bond donors (Lipinski definition) is 1. The van der Waals surface area contributed by atoms with Crippen molar-refractivity contribution in [3.05, 3.63) is 65.7 Å². The number of amides is 1. The van der Waals surface area contributed by atoms with E-state index in [1.54, 1.807) is 18.2 Å². The summed E-state index contributed by atoms with van der Waals surface area (Å²) in [7, 11) is -3.65. The van der Waals surface area contributed by atoms with Crippen LogP contribution in [0.15, 0.2) is 59.5 Å². The van der Waals surface area contributed by atoms with E-state index in [-0.39, 0.29) is 29.6 Å². The van der Waals surface area contributed by atoms with Crippen LogP contribution in [0.1, 0.15) is 28.8 Å². The van der Waals surface area contributed by atoms with Gasteiger partial charge in [0.15, 0.2) is 0 Å². The first-order valence-corrected chi connectivity index (χ1v) is 10.2. The molecule has 0 aromatic heterocycles. The van der Waals surface area contributed by atoms with Gasteiger partial charge in [0, 0.05) is 24.7 Å². The van der Waals surface area contributed by atoms with Gasteiger partial charge in [-0.3, -0.25) is 4.79 Å². The molecule has 0 atom stereocenters. The quantitative estimate of drug-likeness (QED) is 0.838. The molecule has 5 nitrogen and oxygen atoms in total. The van der Waals surface area contributed by atoms with Crippen LogP contribution in [0.4, 0.5) is 13.2 Å². The van der Waals surface area contributed by atoms with Gasteiger partial charge in [0.1, 0.15) is 0 Å². The lowest BCUT2D eigenvalue weighted by atomic mass is 10.0. The molecule has 2 aromatic carbocycles. The molecule has 1 N–H and O–H groups in total. The maximum absolute atomic E-state index is 12.8. The Morgan fingerprint density at radius 1 is 1.00 bits per heavy atom. The summed E-state index contributed by atoms with van der Waals surface area (Å²) in [5, 5.41) is 0. The van der Waals surface area contributed by atoms with Crippen LogP contribution in [-0.4, -0.2) is 38.4 Å². The van der Waals surface area contributed by atoms with E-state index in [1.165, 1.54) is 29.2 Å². The summed E-state index contributed by atoms with van der Waals surface area (Å²) in [4.78, 5) is 14.1. The van der Waals surface area contributed by atoms with Crippen molar-refractivity contribution in [1.82, 2.24) is 9.62 Å². The van der Waals surface area contributed by atoms with Crippen LogP contribution < -0.4 is 4.72 Å². The van der Waals surface area contributed by atoms with Crippen molar-refractivity contribution in [2.45, 2.75) is 30.0 Å². The van der Waals surface area contributed by atoms with E-state index in [0.29, 0.717) is 12.8 Å². The average Bonchev–Trinajstić information content (AvgIpc) is 2.68. The van der Waals surface area contributed by atoms with E-state index >= 15 is 0 Å². The molecule has 28 heavy (non-hydrogen) atoms. The molecule has 0 bridgehead atoms. The van der Waals surface area contributed by atoms with Gasteiger partial charge in [-0.1, -0.05) is 24.3 Å². The molecular weight excluding hydrogens is 393 g/mol. The van der Waals surface area contributed by atoms with Crippen molar-refractivity contribution >= 4 is 15.9 Å². The number of alkyl halides is 3. The van der Waals surface area contributed by atoms with Crippen molar-refractivity contribution in [1.29, 1.82) is 0 Å². The van der Waals surface area contributed by atoms with Gasteiger partial charge in [-0.25, -0.2) is 13.1 Å². The van der Waals surface area contributed by atoms with Crippen LogP contribution in [0.25, 0.3) is 0 Å². The van der Waals surface area contributed by atoms with E-state index in [9.17, 15) is 26.4 Å². The molecule has 1 aliphatic rings. The molecule has 1 aliphatic heterocycles. The summed E-state index contributed by atoms with van der Waals surface area (Å²) in [5.74, 6) is -0.490. The highest BCUT2D eigenvalue weighted by molar-refractivity contribution is 7.89. The molecule has 1 amide bonds. The van der Waals surface area contributed by atoms with Gasteiger partial charge in [-0.05, 0) is 43.2 Å². The number of benzene rings is 2. The Morgan fingerprint density at radius 2 is 1.64 bits per heavy atom. The minimum atomic E-state index is -4.51. The van der Waals surface area contributed by atoms with Gasteiger partial charge >= 0.3 is 6.18 Å². The maximum atomic E-state index is 12.8. The number of sulfonamides is 1. The third-order valence-electron chi connectivity index (χ3n) is 4.59. The predicted molar refractivity (Wildman–Crippen MR) is 97.1 cm³/mol. The van der Waals surface area contributed by atoms with E-state index in [1.807, 2.05) is 0 Å². The monoisotopic (exact) mass is 412 g/mol. The number of rotatable bonds is 4. The third kappa shape index (κ3) is 4.71. The fourth-order valence-electron chi connectivity index (χ4n) is 3.10. The Balaban J connectivity index is 1.62. The molecule has 9 heteroatoms. The molecule has 0 radical (unpaired) electrons. The van der Waals surface area contributed by atoms with Crippen molar-refractivity contribution in [2.24, 2.45) is 0 Å². The molecule has 1 heterocycles. The Hall–Kier alpha value is -2.39. The standard InChI is InChI=1S/C19H19F3N2O3S/c20-19(21,22)15-6-4-5-14(13-15)18(25)24-11-9-16(10-12-24)23-28(26,27)17-7-2-1-3-8-17/h1-8,13,16,23H,9-12H2. The van der Waals surface area contributed by atoms with Crippen LogP contribution >= 0.6 is 0 Å². The Morgan fingerprint density at radius 3 is 2.25 bits per heavy atom. The number of halogens is 3. The molecule has 2 aromatic rings. The molecule has 1 saturated heterocycles. The topological polar surface area (TPSA) is 66.5 Å². The SMILES string of the molecule is O=C(c1cccc(C(F)(F)F)c1)N1CCC(NS(=O)(=O)c2ccccc2)CC1. The van der Waals surface area contributed by atoms with Gasteiger partial charge in [0.2, 0.25) is 10.0 Å². The van der Waals surface area contributed by atoms with E-state index < -0.39 is 27.7 Å². The number of carbonyl (C=O) groups is 1. The second-order valence-electron chi connectivity index (χ2n) is 6.58. The lowest BCUT2D eigenvalue weighted by Crippen LogP contribution is -2.46. The van der Waals surface area contributed by atoms with Gasteiger partial charge in [-0.2, -0.15) is 13.2 Å². The molecule has 0 saturated carbocycles. The van der Waals surface area contributed by atoms with Crippen molar-refractivity contribution < 1.29 is 26.4 Å².